The topological polar surface area (TPSA) is 47.6 Å². The first-order valence-electron chi connectivity index (χ1n) is 6.78. The van der Waals surface area contributed by atoms with E-state index in [0.717, 1.165) is 31.7 Å². The van der Waals surface area contributed by atoms with Gasteiger partial charge in [0.1, 0.15) is 13.2 Å². The Morgan fingerprint density at radius 2 is 2.05 bits per heavy atom. The third-order valence-corrected chi connectivity index (χ3v) is 3.31. The van der Waals surface area contributed by atoms with Gasteiger partial charge in [0.2, 0.25) is 5.91 Å². The fourth-order valence-electron chi connectivity index (χ4n) is 2.27. The van der Waals surface area contributed by atoms with Crippen molar-refractivity contribution < 1.29 is 14.3 Å². The first-order valence-corrected chi connectivity index (χ1v) is 6.78. The van der Waals surface area contributed by atoms with Crippen LogP contribution in [0.5, 0.6) is 0 Å². The Morgan fingerprint density at radius 3 is 2.70 bits per heavy atom. The zero-order valence-corrected chi connectivity index (χ0v) is 11.4. The Morgan fingerprint density at radius 1 is 1.35 bits per heavy atom. The number of amides is 1. The van der Waals surface area contributed by atoms with Crippen molar-refractivity contribution in [2.45, 2.75) is 18.8 Å². The van der Waals surface area contributed by atoms with Crippen LogP contribution in [0.2, 0.25) is 0 Å². The molecule has 1 heterocycles. The molecule has 1 aliphatic rings. The molecule has 4 nitrogen and oxygen atoms in total. The Balaban J connectivity index is 1.84. The second-order valence-electron chi connectivity index (χ2n) is 4.75. The van der Waals surface area contributed by atoms with Crippen LogP contribution >= 0.6 is 0 Å². The number of carbonyl (C=O) groups excluding carboxylic acids is 1. The minimum absolute atomic E-state index is 0.0219. The third kappa shape index (κ3) is 4.37. The van der Waals surface area contributed by atoms with Crippen LogP contribution in [0, 0.1) is 12.3 Å². The summed E-state index contributed by atoms with van der Waals surface area (Å²) >= 11 is 0. The van der Waals surface area contributed by atoms with Crippen molar-refractivity contribution in [1.29, 1.82) is 0 Å². The van der Waals surface area contributed by atoms with Gasteiger partial charge in [-0.2, -0.15) is 0 Å². The summed E-state index contributed by atoms with van der Waals surface area (Å²) < 4.78 is 10.3. The maximum Gasteiger partial charge on any atom is 0.250 e. The molecule has 1 aliphatic heterocycles. The van der Waals surface area contributed by atoms with Crippen LogP contribution in [0.25, 0.3) is 0 Å². The summed E-state index contributed by atoms with van der Waals surface area (Å²) in [5.74, 6) is 2.69. The van der Waals surface area contributed by atoms with Crippen LogP contribution < -0.4 is 5.32 Å². The van der Waals surface area contributed by atoms with E-state index in [9.17, 15) is 4.79 Å². The quantitative estimate of drug-likeness (QED) is 0.660. The normalized spacial score (nSPS) is 15.6. The number of ether oxygens (including phenoxy) is 2. The lowest BCUT2D eigenvalue weighted by Gasteiger charge is -2.22. The SMILES string of the molecule is C#CCOCC(=O)Nc1ccc(C2CCOCC2)cc1. The lowest BCUT2D eigenvalue weighted by atomic mass is 9.92. The van der Waals surface area contributed by atoms with Crippen molar-refractivity contribution in [3.05, 3.63) is 29.8 Å². The van der Waals surface area contributed by atoms with Gasteiger partial charge in [-0.1, -0.05) is 18.1 Å². The fourth-order valence-corrected chi connectivity index (χ4v) is 2.27. The van der Waals surface area contributed by atoms with Crippen LogP contribution in [0.4, 0.5) is 5.69 Å². The van der Waals surface area contributed by atoms with E-state index in [4.69, 9.17) is 15.9 Å². The number of carbonyl (C=O) groups is 1. The van der Waals surface area contributed by atoms with Crippen LogP contribution in [-0.4, -0.2) is 32.3 Å². The molecule has 0 radical (unpaired) electrons. The minimum Gasteiger partial charge on any atom is -0.381 e. The number of nitrogens with one attached hydrogen (secondary N) is 1. The Kier molecular flexibility index (Phi) is 5.60. The van der Waals surface area contributed by atoms with Gasteiger partial charge in [0.05, 0.1) is 0 Å². The molecule has 0 bridgehead atoms. The molecule has 1 amide bonds. The minimum atomic E-state index is -0.195. The van der Waals surface area contributed by atoms with Gasteiger partial charge in [0, 0.05) is 18.9 Å². The van der Waals surface area contributed by atoms with E-state index in [2.05, 4.69) is 23.4 Å². The largest absolute Gasteiger partial charge is 0.381 e. The molecule has 20 heavy (non-hydrogen) atoms. The zero-order chi connectivity index (χ0) is 14.2. The molecule has 2 rings (SSSR count). The van der Waals surface area contributed by atoms with E-state index in [1.165, 1.54) is 5.56 Å². The number of benzene rings is 1. The highest BCUT2D eigenvalue weighted by molar-refractivity contribution is 5.91. The van der Waals surface area contributed by atoms with Gasteiger partial charge in [-0.15, -0.1) is 6.42 Å². The number of hydrogen-bond acceptors (Lipinski definition) is 3. The first-order chi connectivity index (χ1) is 9.79. The second-order valence-corrected chi connectivity index (χ2v) is 4.75. The van der Waals surface area contributed by atoms with E-state index in [1.807, 2.05) is 12.1 Å². The Labute approximate surface area is 119 Å². The van der Waals surface area contributed by atoms with Crippen LogP contribution in [0.1, 0.15) is 24.3 Å². The molecule has 0 aromatic heterocycles. The first kappa shape index (κ1) is 14.6. The van der Waals surface area contributed by atoms with Gasteiger partial charge < -0.3 is 14.8 Å². The number of terminal acetylenes is 1. The lowest BCUT2D eigenvalue weighted by Crippen LogP contribution is -2.18. The Bertz CT molecular complexity index is 469. The van der Waals surface area contributed by atoms with Crippen molar-refractivity contribution >= 4 is 11.6 Å². The monoisotopic (exact) mass is 273 g/mol. The van der Waals surface area contributed by atoms with Gasteiger partial charge in [0.25, 0.3) is 0 Å². The van der Waals surface area contributed by atoms with Crippen LogP contribution in [0.3, 0.4) is 0 Å². The van der Waals surface area contributed by atoms with Crippen LogP contribution in [-0.2, 0) is 14.3 Å². The average molecular weight is 273 g/mol. The summed E-state index contributed by atoms with van der Waals surface area (Å²) in [5, 5.41) is 2.77. The van der Waals surface area contributed by atoms with Crippen molar-refractivity contribution in [1.82, 2.24) is 0 Å². The lowest BCUT2D eigenvalue weighted by molar-refractivity contribution is -0.120. The maximum absolute atomic E-state index is 11.6. The van der Waals surface area contributed by atoms with E-state index in [1.54, 1.807) is 0 Å². The highest BCUT2D eigenvalue weighted by atomic mass is 16.5. The summed E-state index contributed by atoms with van der Waals surface area (Å²) in [6.45, 7) is 1.79. The molecule has 0 spiro atoms. The molecule has 0 saturated carbocycles. The summed E-state index contributed by atoms with van der Waals surface area (Å²) in [7, 11) is 0. The fraction of sp³-hybridized carbons (Fsp3) is 0.438. The van der Waals surface area contributed by atoms with E-state index >= 15 is 0 Å². The van der Waals surface area contributed by atoms with Gasteiger partial charge in [-0.3, -0.25) is 4.79 Å². The molecule has 0 atom stereocenters. The number of anilines is 1. The second kappa shape index (κ2) is 7.68. The predicted octanol–water partition coefficient (Wildman–Crippen LogP) is 2.17. The van der Waals surface area contributed by atoms with E-state index < -0.39 is 0 Å². The van der Waals surface area contributed by atoms with Gasteiger partial charge in [-0.05, 0) is 36.5 Å². The molecule has 106 valence electrons. The smallest absolute Gasteiger partial charge is 0.250 e. The van der Waals surface area contributed by atoms with E-state index in [0.29, 0.717) is 5.92 Å². The molecule has 1 N–H and O–H groups in total. The predicted molar refractivity (Wildman–Crippen MR) is 77.5 cm³/mol. The molecule has 0 unspecified atom stereocenters. The highest BCUT2D eigenvalue weighted by Gasteiger charge is 2.15. The maximum atomic E-state index is 11.6. The molecule has 1 fully saturated rings. The van der Waals surface area contributed by atoms with Crippen LogP contribution in [0.15, 0.2) is 24.3 Å². The van der Waals surface area contributed by atoms with Crippen molar-refractivity contribution in [3.8, 4) is 12.3 Å². The molecular formula is C16H19NO3. The van der Waals surface area contributed by atoms with Gasteiger partial charge in [-0.25, -0.2) is 0 Å². The summed E-state index contributed by atoms with van der Waals surface area (Å²) in [5.41, 5.74) is 2.07. The molecule has 1 aromatic rings. The Hall–Kier alpha value is -1.83. The third-order valence-electron chi connectivity index (χ3n) is 3.31. The average Bonchev–Trinajstić information content (AvgIpc) is 2.49. The van der Waals surface area contributed by atoms with Gasteiger partial charge in [0.15, 0.2) is 0 Å². The standard InChI is InChI=1S/C16H19NO3/c1-2-9-20-12-16(18)17-15-5-3-13(4-6-15)14-7-10-19-11-8-14/h1,3-6,14H,7-12H2,(H,17,18). The molecule has 0 aliphatic carbocycles. The van der Waals surface area contributed by atoms with Crippen molar-refractivity contribution in [3.63, 3.8) is 0 Å². The molecule has 1 saturated heterocycles. The molecule has 4 heteroatoms. The highest BCUT2D eigenvalue weighted by Crippen LogP contribution is 2.27. The summed E-state index contributed by atoms with van der Waals surface area (Å²) in [6, 6.07) is 7.97. The van der Waals surface area contributed by atoms with Crippen molar-refractivity contribution in [2.24, 2.45) is 0 Å². The van der Waals surface area contributed by atoms with Crippen molar-refractivity contribution in [2.75, 3.05) is 31.7 Å². The summed E-state index contributed by atoms with van der Waals surface area (Å²) in [6.07, 6.45) is 7.16. The van der Waals surface area contributed by atoms with E-state index in [-0.39, 0.29) is 19.1 Å². The number of hydrogen-bond donors (Lipinski definition) is 1. The van der Waals surface area contributed by atoms with Gasteiger partial charge >= 0.3 is 0 Å². The molecule has 1 aromatic carbocycles. The molecular weight excluding hydrogens is 254 g/mol. The summed E-state index contributed by atoms with van der Waals surface area (Å²) in [4.78, 5) is 11.6. The zero-order valence-electron chi connectivity index (χ0n) is 11.4. The number of rotatable bonds is 5.